The minimum absolute atomic E-state index is 0.0642. The molecule has 0 aromatic heterocycles. The van der Waals surface area contributed by atoms with Crippen molar-refractivity contribution in [1.29, 1.82) is 0 Å². The zero-order valence-electron chi connectivity index (χ0n) is 13.2. The summed E-state index contributed by atoms with van der Waals surface area (Å²) < 4.78 is 23.3. The Balaban J connectivity index is 1.49. The lowest BCUT2D eigenvalue weighted by molar-refractivity contribution is -0.137. The number of halogens is 1. The zero-order chi connectivity index (χ0) is 17.4. The third-order valence-corrected chi connectivity index (χ3v) is 4.65. The topological polar surface area (TPSA) is 74.2 Å². The number of aliphatic carboxylic acids is 1. The molecule has 0 amide bonds. The van der Waals surface area contributed by atoms with Crippen molar-refractivity contribution in [1.82, 2.24) is 0 Å². The van der Waals surface area contributed by atoms with E-state index in [4.69, 9.17) is 24.1 Å². The van der Waals surface area contributed by atoms with Crippen LogP contribution >= 0.6 is 15.9 Å². The van der Waals surface area contributed by atoms with Gasteiger partial charge in [0.1, 0.15) is 18.1 Å². The Morgan fingerprint density at radius 1 is 1.20 bits per heavy atom. The van der Waals surface area contributed by atoms with Gasteiger partial charge in [-0.05, 0) is 18.2 Å². The number of fused-ring (bicyclic) bond motifs is 2. The third-order valence-electron chi connectivity index (χ3n) is 4.19. The van der Waals surface area contributed by atoms with Crippen LogP contribution in [0.2, 0.25) is 0 Å². The Labute approximate surface area is 152 Å². The van der Waals surface area contributed by atoms with E-state index in [0.717, 1.165) is 15.6 Å². The molecule has 25 heavy (non-hydrogen) atoms. The average Bonchev–Trinajstić information content (AvgIpc) is 3.19. The Morgan fingerprint density at radius 2 is 2.08 bits per heavy atom. The molecule has 2 heterocycles. The van der Waals surface area contributed by atoms with Gasteiger partial charge in [-0.2, -0.15) is 0 Å². The van der Waals surface area contributed by atoms with Gasteiger partial charge >= 0.3 is 5.97 Å². The maximum atomic E-state index is 10.9. The quantitative estimate of drug-likeness (QED) is 0.815. The highest BCUT2D eigenvalue weighted by Crippen LogP contribution is 2.40. The van der Waals surface area contributed by atoms with Gasteiger partial charge in [0, 0.05) is 27.6 Å². The van der Waals surface area contributed by atoms with Gasteiger partial charge in [0.25, 0.3) is 0 Å². The highest BCUT2D eigenvalue weighted by molar-refractivity contribution is 9.10. The van der Waals surface area contributed by atoms with Gasteiger partial charge in [-0.1, -0.05) is 22.0 Å². The molecule has 0 radical (unpaired) electrons. The number of hydrogen-bond donors (Lipinski definition) is 1. The second-order valence-electron chi connectivity index (χ2n) is 5.89. The summed E-state index contributed by atoms with van der Waals surface area (Å²) in [5, 5.41) is 8.96. The minimum atomic E-state index is -0.826. The summed E-state index contributed by atoms with van der Waals surface area (Å²) in [6.45, 7) is 0.911. The molecule has 2 aliphatic heterocycles. The number of carbonyl (C=O) groups is 1. The lowest BCUT2D eigenvalue weighted by Crippen LogP contribution is -2.07. The standard InChI is InChI=1S/C18H15BrO6/c19-12-3-11(18-16(5-12)24-9-25-18)8-22-13-1-2-14-10(4-17(20)21)7-23-15(14)6-13/h1-3,5-6,10H,4,7-9H2,(H,20,21). The zero-order valence-corrected chi connectivity index (χ0v) is 14.7. The molecule has 0 spiro atoms. The van der Waals surface area contributed by atoms with E-state index in [9.17, 15) is 4.79 Å². The molecule has 2 aromatic carbocycles. The van der Waals surface area contributed by atoms with Crippen molar-refractivity contribution in [3.63, 3.8) is 0 Å². The van der Waals surface area contributed by atoms with Crippen LogP contribution in [-0.4, -0.2) is 24.5 Å². The number of carboxylic acids is 1. The molecule has 0 saturated heterocycles. The summed E-state index contributed by atoms with van der Waals surface area (Å²) >= 11 is 3.45. The van der Waals surface area contributed by atoms with E-state index in [1.807, 2.05) is 24.3 Å². The van der Waals surface area contributed by atoms with Crippen LogP contribution in [0.3, 0.4) is 0 Å². The molecule has 1 unspecified atom stereocenters. The van der Waals surface area contributed by atoms with Crippen LogP contribution in [0.1, 0.15) is 23.5 Å². The fourth-order valence-corrected chi connectivity index (χ4v) is 3.52. The van der Waals surface area contributed by atoms with Gasteiger partial charge in [0.2, 0.25) is 6.79 Å². The minimum Gasteiger partial charge on any atom is -0.492 e. The molecular weight excluding hydrogens is 392 g/mol. The van der Waals surface area contributed by atoms with Crippen LogP contribution in [-0.2, 0) is 11.4 Å². The van der Waals surface area contributed by atoms with Crippen LogP contribution in [0, 0.1) is 0 Å². The first kappa shape index (κ1) is 16.1. The molecule has 0 aliphatic carbocycles. The van der Waals surface area contributed by atoms with Crippen molar-refractivity contribution in [2.24, 2.45) is 0 Å². The SMILES string of the molecule is O=C(O)CC1COc2cc(OCc3cc(Br)cc4c3OCO4)ccc21. The number of ether oxygens (including phenoxy) is 4. The molecule has 7 heteroatoms. The van der Waals surface area contributed by atoms with Crippen molar-refractivity contribution < 1.29 is 28.8 Å². The Morgan fingerprint density at radius 3 is 2.92 bits per heavy atom. The van der Waals surface area contributed by atoms with E-state index in [1.165, 1.54) is 0 Å². The molecule has 0 fully saturated rings. The van der Waals surface area contributed by atoms with Gasteiger partial charge in [-0.15, -0.1) is 0 Å². The van der Waals surface area contributed by atoms with Gasteiger partial charge in [-0.25, -0.2) is 0 Å². The lowest BCUT2D eigenvalue weighted by Gasteiger charge is -2.11. The molecule has 6 nitrogen and oxygen atoms in total. The smallest absolute Gasteiger partial charge is 0.304 e. The van der Waals surface area contributed by atoms with Gasteiger partial charge in [0.05, 0.1) is 13.0 Å². The van der Waals surface area contributed by atoms with Crippen LogP contribution in [0.25, 0.3) is 0 Å². The van der Waals surface area contributed by atoms with E-state index in [-0.39, 0.29) is 19.1 Å². The van der Waals surface area contributed by atoms with Crippen LogP contribution in [0.15, 0.2) is 34.8 Å². The fraction of sp³-hybridized carbons (Fsp3) is 0.278. The van der Waals surface area contributed by atoms with E-state index < -0.39 is 5.97 Å². The van der Waals surface area contributed by atoms with Gasteiger partial charge in [0.15, 0.2) is 11.5 Å². The van der Waals surface area contributed by atoms with E-state index in [1.54, 1.807) is 6.07 Å². The predicted octanol–water partition coefficient (Wildman–Crippen LogP) is 3.71. The van der Waals surface area contributed by atoms with Crippen LogP contribution in [0.5, 0.6) is 23.0 Å². The first-order valence-electron chi connectivity index (χ1n) is 7.79. The first-order valence-corrected chi connectivity index (χ1v) is 8.59. The average molecular weight is 407 g/mol. The molecular formula is C18H15BrO6. The van der Waals surface area contributed by atoms with Crippen LogP contribution < -0.4 is 18.9 Å². The predicted molar refractivity (Wildman–Crippen MR) is 91.5 cm³/mol. The normalized spacial score (nSPS) is 17.1. The van der Waals surface area contributed by atoms with Crippen molar-refractivity contribution in [2.45, 2.75) is 18.9 Å². The Hall–Kier alpha value is -2.41. The molecule has 1 N–H and O–H groups in total. The highest BCUT2D eigenvalue weighted by Gasteiger charge is 2.27. The maximum absolute atomic E-state index is 10.9. The highest BCUT2D eigenvalue weighted by atomic mass is 79.9. The van der Waals surface area contributed by atoms with E-state index in [2.05, 4.69) is 15.9 Å². The summed E-state index contributed by atoms with van der Waals surface area (Å²) in [6.07, 6.45) is 0.0642. The Bertz CT molecular complexity index is 835. The summed E-state index contributed by atoms with van der Waals surface area (Å²) in [5.41, 5.74) is 1.79. The fourth-order valence-electron chi connectivity index (χ4n) is 3.04. The van der Waals surface area contributed by atoms with Crippen molar-refractivity contribution >= 4 is 21.9 Å². The number of rotatable bonds is 5. The first-order chi connectivity index (χ1) is 12.1. The van der Waals surface area contributed by atoms with Crippen molar-refractivity contribution in [3.05, 3.63) is 45.9 Å². The largest absolute Gasteiger partial charge is 0.492 e. The number of carboxylic acid groups (broad SMARTS) is 1. The molecule has 130 valence electrons. The molecule has 2 aromatic rings. The van der Waals surface area contributed by atoms with Crippen molar-refractivity contribution in [2.75, 3.05) is 13.4 Å². The second kappa shape index (κ2) is 6.48. The van der Waals surface area contributed by atoms with Crippen molar-refractivity contribution in [3.8, 4) is 23.0 Å². The van der Waals surface area contributed by atoms with Gasteiger partial charge < -0.3 is 24.1 Å². The number of benzene rings is 2. The molecule has 0 bridgehead atoms. The maximum Gasteiger partial charge on any atom is 0.304 e. The summed E-state index contributed by atoms with van der Waals surface area (Å²) in [4.78, 5) is 10.9. The number of hydrogen-bond acceptors (Lipinski definition) is 5. The van der Waals surface area contributed by atoms with Crippen LogP contribution in [0.4, 0.5) is 0 Å². The summed E-state index contributed by atoms with van der Waals surface area (Å²) in [7, 11) is 0. The molecule has 4 rings (SSSR count). The summed E-state index contributed by atoms with van der Waals surface area (Å²) in [5.74, 6) is 1.79. The molecule has 2 aliphatic rings. The summed E-state index contributed by atoms with van der Waals surface area (Å²) in [6, 6.07) is 9.29. The lowest BCUT2D eigenvalue weighted by atomic mass is 9.98. The monoisotopic (exact) mass is 406 g/mol. The molecule has 1 atom stereocenters. The second-order valence-corrected chi connectivity index (χ2v) is 6.81. The molecule has 0 saturated carbocycles. The Kier molecular flexibility index (Phi) is 4.17. The van der Waals surface area contributed by atoms with E-state index >= 15 is 0 Å². The van der Waals surface area contributed by atoms with Gasteiger partial charge in [-0.3, -0.25) is 4.79 Å². The van der Waals surface area contributed by atoms with E-state index in [0.29, 0.717) is 36.2 Å². The third kappa shape index (κ3) is 3.24.